The van der Waals surface area contributed by atoms with Crippen molar-refractivity contribution in [3.8, 4) is 5.75 Å². The molecule has 1 N–H and O–H groups in total. The lowest BCUT2D eigenvalue weighted by atomic mass is 9.95. The molecule has 34 heavy (non-hydrogen) atoms. The maximum absolute atomic E-state index is 13.1. The summed E-state index contributed by atoms with van der Waals surface area (Å²) in [4.78, 5) is 40.4. The van der Waals surface area contributed by atoms with Gasteiger partial charge in [0, 0.05) is 24.2 Å². The van der Waals surface area contributed by atoms with Gasteiger partial charge in [-0.1, -0.05) is 26.0 Å². The van der Waals surface area contributed by atoms with Crippen LogP contribution in [0.1, 0.15) is 37.4 Å². The van der Waals surface area contributed by atoms with Gasteiger partial charge in [0.05, 0.1) is 23.6 Å². The summed E-state index contributed by atoms with van der Waals surface area (Å²) in [5.41, 5.74) is 0.703. The number of hydrogen-bond acceptors (Lipinski definition) is 7. The lowest BCUT2D eigenvalue weighted by Gasteiger charge is -2.26. The average molecular weight is 468 g/mol. The minimum absolute atomic E-state index is 0.0463. The molecule has 0 saturated carbocycles. The van der Waals surface area contributed by atoms with Crippen LogP contribution in [0, 0.1) is 10.1 Å². The Morgan fingerprint density at radius 3 is 2.41 bits per heavy atom. The fourth-order valence-electron chi connectivity index (χ4n) is 4.17. The van der Waals surface area contributed by atoms with Crippen LogP contribution in [-0.4, -0.2) is 64.8 Å². The molecule has 2 aromatic carbocycles. The Balaban J connectivity index is 2.06. The van der Waals surface area contributed by atoms with E-state index in [9.17, 15) is 24.8 Å². The summed E-state index contributed by atoms with van der Waals surface area (Å²) in [6.45, 7) is 6.91. The summed E-state index contributed by atoms with van der Waals surface area (Å²) in [5, 5.41) is 22.2. The normalized spacial score (nSPS) is 17.4. The predicted molar refractivity (Wildman–Crippen MR) is 128 cm³/mol. The van der Waals surface area contributed by atoms with Gasteiger partial charge in [0.15, 0.2) is 0 Å². The van der Waals surface area contributed by atoms with E-state index in [4.69, 9.17) is 4.74 Å². The largest absolute Gasteiger partial charge is 0.507 e. The monoisotopic (exact) mass is 467 g/mol. The Labute approximate surface area is 198 Å². The van der Waals surface area contributed by atoms with Crippen LogP contribution in [0.3, 0.4) is 0 Å². The number of rotatable bonds is 10. The zero-order chi connectivity index (χ0) is 24.8. The Kier molecular flexibility index (Phi) is 8.01. The lowest BCUT2D eigenvalue weighted by Crippen LogP contribution is -2.33. The maximum Gasteiger partial charge on any atom is 0.295 e. The third-order valence-corrected chi connectivity index (χ3v) is 6.07. The van der Waals surface area contributed by atoms with Gasteiger partial charge in [-0.3, -0.25) is 19.7 Å². The molecule has 1 aliphatic rings. The molecule has 0 aromatic heterocycles. The summed E-state index contributed by atoms with van der Waals surface area (Å²) in [5.74, 6) is -1.31. The third kappa shape index (κ3) is 5.09. The van der Waals surface area contributed by atoms with E-state index in [0.29, 0.717) is 29.8 Å². The molecule has 0 bridgehead atoms. The van der Waals surface area contributed by atoms with Crippen molar-refractivity contribution in [2.24, 2.45) is 0 Å². The number of carbonyl (C=O) groups excluding carboxylic acids is 2. The van der Waals surface area contributed by atoms with Crippen LogP contribution < -0.4 is 4.74 Å². The van der Waals surface area contributed by atoms with Crippen molar-refractivity contribution >= 4 is 23.1 Å². The molecule has 1 heterocycles. The maximum atomic E-state index is 13.1. The van der Waals surface area contributed by atoms with E-state index in [-0.39, 0.29) is 17.0 Å². The van der Waals surface area contributed by atoms with Crippen LogP contribution in [-0.2, 0) is 9.59 Å². The molecular formula is C25H29N3O6. The number of amides is 1. The third-order valence-electron chi connectivity index (χ3n) is 6.07. The van der Waals surface area contributed by atoms with Crippen molar-refractivity contribution in [2.45, 2.75) is 26.3 Å². The number of carbonyl (C=O) groups is 2. The number of ketones is 1. The number of likely N-dealkylation sites (tertiary alicyclic amines) is 1. The zero-order valence-electron chi connectivity index (χ0n) is 19.6. The van der Waals surface area contributed by atoms with E-state index < -0.39 is 22.7 Å². The number of aliphatic hydroxyl groups is 1. The number of hydrogen-bond donors (Lipinski definition) is 1. The van der Waals surface area contributed by atoms with Gasteiger partial charge in [-0.2, -0.15) is 0 Å². The van der Waals surface area contributed by atoms with Crippen LogP contribution in [0.5, 0.6) is 5.75 Å². The molecule has 1 fully saturated rings. The van der Waals surface area contributed by atoms with Crippen molar-refractivity contribution in [1.82, 2.24) is 9.80 Å². The number of aliphatic hydroxyl groups excluding tert-OH is 1. The first-order valence-corrected chi connectivity index (χ1v) is 11.2. The molecule has 0 spiro atoms. The van der Waals surface area contributed by atoms with Crippen molar-refractivity contribution in [1.29, 1.82) is 0 Å². The second kappa shape index (κ2) is 10.9. The van der Waals surface area contributed by atoms with E-state index in [1.807, 2.05) is 0 Å². The highest BCUT2D eigenvalue weighted by atomic mass is 16.6. The van der Waals surface area contributed by atoms with Gasteiger partial charge in [0.1, 0.15) is 11.5 Å². The number of ether oxygens (including phenoxy) is 1. The molecule has 180 valence electrons. The van der Waals surface area contributed by atoms with Crippen LogP contribution in [0.15, 0.2) is 54.1 Å². The van der Waals surface area contributed by atoms with Crippen LogP contribution >= 0.6 is 0 Å². The standard InChI is InChI=1S/C25H29N3O6/c1-4-26(5-2)14-7-15-27-22(17-10-12-19(13-11-17)28(32)33)21(24(30)25(27)31)23(29)18-8-6-9-20(16-18)34-3/h6,8-13,16,22,29H,4-5,7,14-15H2,1-3H3/t22-/m0/s1. The highest BCUT2D eigenvalue weighted by Gasteiger charge is 2.45. The lowest BCUT2D eigenvalue weighted by molar-refractivity contribution is -0.384. The summed E-state index contributed by atoms with van der Waals surface area (Å²) in [7, 11) is 1.49. The molecule has 1 saturated heterocycles. The smallest absolute Gasteiger partial charge is 0.295 e. The van der Waals surface area contributed by atoms with Gasteiger partial charge in [0.25, 0.3) is 17.4 Å². The fourth-order valence-corrected chi connectivity index (χ4v) is 4.17. The Morgan fingerprint density at radius 1 is 1.15 bits per heavy atom. The van der Waals surface area contributed by atoms with Crippen molar-refractivity contribution in [3.63, 3.8) is 0 Å². The number of benzene rings is 2. The van der Waals surface area contributed by atoms with E-state index in [1.165, 1.54) is 36.3 Å². The fraction of sp³-hybridized carbons (Fsp3) is 0.360. The predicted octanol–water partition coefficient (Wildman–Crippen LogP) is 3.76. The molecule has 3 rings (SSSR count). The SMILES string of the molecule is CCN(CC)CCCN1C(=O)C(=O)C(=C(O)c2cccc(OC)c2)[C@@H]1c1ccc([N+](=O)[O-])cc1. The van der Waals surface area contributed by atoms with Crippen molar-refractivity contribution in [2.75, 3.05) is 33.3 Å². The zero-order valence-corrected chi connectivity index (χ0v) is 19.6. The summed E-state index contributed by atoms with van der Waals surface area (Å²) >= 11 is 0. The first-order chi connectivity index (χ1) is 16.3. The molecule has 9 heteroatoms. The number of methoxy groups -OCH3 is 1. The number of nitro benzene ring substituents is 1. The van der Waals surface area contributed by atoms with E-state index in [2.05, 4.69) is 18.7 Å². The summed E-state index contributed by atoms with van der Waals surface area (Å²) in [6.07, 6.45) is 0.636. The topological polar surface area (TPSA) is 113 Å². The molecule has 0 unspecified atom stereocenters. The Hall–Kier alpha value is -3.72. The minimum atomic E-state index is -0.858. The Bertz CT molecular complexity index is 1090. The molecule has 0 aliphatic carbocycles. The van der Waals surface area contributed by atoms with Crippen molar-refractivity contribution in [3.05, 3.63) is 75.3 Å². The number of Topliss-reactive ketones (excluding diaryl/α,β-unsaturated/α-hetero) is 1. The van der Waals surface area contributed by atoms with Gasteiger partial charge < -0.3 is 19.6 Å². The summed E-state index contributed by atoms with van der Waals surface area (Å²) < 4.78 is 5.22. The second-order valence-corrected chi connectivity index (χ2v) is 7.95. The Morgan fingerprint density at radius 2 is 1.82 bits per heavy atom. The van der Waals surface area contributed by atoms with E-state index in [1.54, 1.807) is 24.3 Å². The van der Waals surface area contributed by atoms with Gasteiger partial charge in [-0.15, -0.1) is 0 Å². The first-order valence-electron chi connectivity index (χ1n) is 11.2. The van der Waals surface area contributed by atoms with Gasteiger partial charge in [-0.05, 0) is 55.9 Å². The van der Waals surface area contributed by atoms with Gasteiger partial charge >= 0.3 is 0 Å². The highest BCUT2D eigenvalue weighted by molar-refractivity contribution is 6.46. The first kappa shape index (κ1) is 24.9. The van der Waals surface area contributed by atoms with E-state index in [0.717, 1.165) is 19.6 Å². The number of non-ortho nitro benzene ring substituents is 1. The van der Waals surface area contributed by atoms with Crippen molar-refractivity contribution < 1.29 is 24.4 Å². The number of nitrogens with zero attached hydrogens (tertiary/aromatic N) is 3. The van der Waals surface area contributed by atoms with Crippen LogP contribution in [0.2, 0.25) is 0 Å². The molecule has 1 amide bonds. The summed E-state index contributed by atoms with van der Waals surface area (Å²) in [6, 6.07) is 11.4. The highest BCUT2D eigenvalue weighted by Crippen LogP contribution is 2.40. The van der Waals surface area contributed by atoms with Gasteiger partial charge in [0.2, 0.25) is 0 Å². The van der Waals surface area contributed by atoms with E-state index >= 15 is 0 Å². The molecule has 0 radical (unpaired) electrons. The minimum Gasteiger partial charge on any atom is -0.507 e. The second-order valence-electron chi connectivity index (χ2n) is 7.95. The molecule has 1 atom stereocenters. The number of nitro groups is 1. The molecule has 9 nitrogen and oxygen atoms in total. The quantitative estimate of drug-likeness (QED) is 0.186. The molecule has 2 aromatic rings. The molecule has 1 aliphatic heterocycles. The van der Waals surface area contributed by atoms with Crippen LogP contribution in [0.25, 0.3) is 5.76 Å². The van der Waals surface area contributed by atoms with Crippen LogP contribution in [0.4, 0.5) is 5.69 Å². The van der Waals surface area contributed by atoms with Gasteiger partial charge in [-0.25, -0.2) is 0 Å². The average Bonchev–Trinajstić information content (AvgIpc) is 3.11. The molecular weight excluding hydrogens is 438 g/mol.